The topological polar surface area (TPSA) is 37.4 Å². The predicted octanol–water partition coefficient (Wildman–Crippen LogP) is 2.34. The summed E-state index contributed by atoms with van der Waals surface area (Å²) in [6.07, 6.45) is 0. The van der Waals surface area contributed by atoms with Crippen LogP contribution in [-0.2, 0) is 9.84 Å². The van der Waals surface area contributed by atoms with Crippen LogP contribution in [0.5, 0.6) is 0 Å². The van der Waals surface area contributed by atoms with Crippen LogP contribution in [0.15, 0.2) is 22.7 Å². The molecule has 6 heteroatoms. The highest BCUT2D eigenvalue weighted by Crippen LogP contribution is 2.28. The number of benzene rings is 1. The molecule has 0 unspecified atom stereocenters. The SMILES string of the molecule is O=S1(=O)CCN(c2ccc(Cl)c(Br)c2)CC1. The molecule has 0 aliphatic carbocycles. The van der Waals surface area contributed by atoms with E-state index in [2.05, 4.69) is 20.8 Å². The Morgan fingerprint density at radius 3 is 2.44 bits per heavy atom. The first-order valence-corrected chi connectivity index (χ1v) is 7.88. The van der Waals surface area contributed by atoms with Crippen molar-refractivity contribution in [2.24, 2.45) is 0 Å². The lowest BCUT2D eigenvalue weighted by Gasteiger charge is -2.28. The van der Waals surface area contributed by atoms with Gasteiger partial charge in [-0.1, -0.05) is 11.6 Å². The molecule has 1 saturated heterocycles. The lowest BCUT2D eigenvalue weighted by atomic mass is 10.3. The summed E-state index contributed by atoms with van der Waals surface area (Å²) >= 11 is 9.26. The fourth-order valence-electron chi connectivity index (χ4n) is 1.65. The van der Waals surface area contributed by atoms with E-state index in [1.165, 1.54) is 0 Å². The molecule has 1 heterocycles. The normalized spacial score (nSPS) is 19.8. The Morgan fingerprint density at radius 2 is 1.88 bits per heavy atom. The average molecular weight is 325 g/mol. The molecule has 0 amide bonds. The number of rotatable bonds is 1. The third-order valence-corrected chi connectivity index (χ3v) is 5.44. The minimum atomic E-state index is -2.82. The van der Waals surface area contributed by atoms with Gasteiger partial charge in [-0.2, -0.15) is 0 Å². The largest absolute Gasteiger partial charge is 0.369 e. The van der Waals surface area contributed by atoms with E-state index in [9.17, 15) is 8.42 Å². The van der Waals surface area contributed by atoms with Gasteiger partial charge in [-0.15, -0.1) is 0 Å². The Bertz CT molecular complexity index is 490. The lowest BCUT2D eigenvalue weighted by molar-refractivity contribution is 0.587. The van der Waals surface area contributed by atoms with Gasteiger partial charge in [-0.3, -0.25) is 0 Å². The van der Waals surface area contributed by atoms with Crippen molar-refractivity contribution in [3.63, 3.8) is 0 Å². The summed E-state index contributed by atoms with van der Waals surface area (Å²) in [5.41, 5.74) is 1.01. The number of sulfone groups is 1. The zero-order valence-electron chi connectivity index (χ0n) is 8.49. The van der Waals surface area contributed by atoms with Crippen LogP contribution >= 0.6 is 27.5 Å². The summed E-state index contributed by atoms with van der Waals surface area (Å²) in [7, 11) is -2.82. The minimum Gasteiger partial charge on any atom is -0.369 e. The summed E-state index contributed by atoms with van der Waals surface area (Å²) in [6, 6.07) is 5.63. The Labute approximate surface area is 108 Å². The van der Waals surface area contributed by atoms with Crippen molar-refractivity contribution in [1.82, 2.24) is 0 Å². The van der Waals surface area contributed by atoms with E-state index in [0.717, 1.165) is 10.2 Å². The number of halogens is 2. The van der Waals surface area contributed by atoms with Gasteiger partial charge in [0, 0.05) is 23.2 Å². The summed E-state index contributed by atoms with van der Waals surface area (Å²) in [6.45, 7) is 1.10. The van der Waals surface area contributed by atoms with Crippen LogP contribution in [0, 0.1) is 0 Å². The highest BCUT2D eigenvalue weighted by molar-refractivity contribution is 9.10. The molecule has 2 rings (SSSR count). The number of anilines is 1. The summed E-state index contributed by atoms with van der Waals surface area (Å²) in [4.78, 5) is 2.06. The predicted molar refractivity (Wildman–Crippen MR) is 70.0 cm³/mol. The third kappa shape index (κ3) is 2.70. The maximum atomic E-state index is 11.3. The molecule has 88 valence electrons. The Kier molecular flexibility index (Phi) is 3.47. The molecule has 0 atom stereocenters. The van der Waals surface area contributed by atoms with Crippen molar-refractivity contribution in [2.45, 2.75) is 0 Å². The monoisotopic (exact) mass is 323 g/mol. The van der Waals surface area contributed by atoms with Crippen LogP contribution in [-0.4, -0.2) is 33.0 Å². The van der Waals surface area contributed by atoms with Gasteiger partial charge in [-0.05, 0) is 34.1 Å². The van der Waals surface area contributed by atoms with E-state index in [4.69, 9.17) is 11.6 Å². The van der Waals surface area contributed by atoms with Crippen molar-refractivity contribution in [1.29, 1.82) is 0 Å². The first kappa shape index (κ1) is 12.2. The molecule has 3 nitrogen and oxygen atoms in total. The second-order valence-corrected chi connectivity index (χ2v) is 7.30. The van der Waals surface area contributed by atoms with Crippen LogP contribution < -0.4 is 4.90 Å². The van der Waals surface area contributed by atoms with Crippen LogP contribution in [0.3, 0.4) is 0 Å². The highest BCUT2D eigenvalue weighted by atomic mass is 79.9. The number of hydrogen-bond acceptors (Lipinski definition) is 3. The molecule has 1 aromatic rings. The van der Waals surface area contributed by atoms with E-state index in [0.29, 0.717) is 18.1 Å². The van der Waals surface area contributed by atoms with Gasteiger partial charge in [0.25, 0.3) is 0 Å². The van der Waals surface area contributed by atoms with Crippen molar-refractivity contribution in [2.75, 3.05) is 29.5 Å². The smallest absolute Gasteiger partial charge is 0.153 e. The van der Waals surface area contributed by atoms with E-state index in [-0.39, 0.29) is 11.5 Å². The van der Waals surface area contributed by atoms with Crippen LogP contribution in [0.25, 0.3) is 0 Å². The lowest BCUT2D eigenvalue weighted by Crippen LogP contribution is -2.40. The molecule has 0 saturated carbocycles. The molecule has 16 heavy (non-hydrogen) atoms. The second kappa shape index (κ2) is 4.55. The zero-order chi connectivity index (χ0) is 11.8. The quantitative estimate of drug-likeness (QED) is 0.796. The Morgan fingerprint density at radius 1 is 1.25 bits per heavy atom. The van der Waals surface area contributed by atoms with Crippen LogP contribution in [0.4, 0.5) is 5.69 Å². The molecule has 0 N–H and O–H groups in total. The molecule has 1 fully saturated rings. The summed E-state index contributed by atoms with van der Waals surface area (Å²) in [5.74, 6) is 0.459. The van der Waals surface area contributed by atoms with Crippen LogP contribution in [0.2, 0.25) is 5.02 Å². The van der Waals surface area contributed by atoms with E-state index >= 15 is 0 Å². The fourth-order valence-corrected chi connectivity index (χ4v) is 3.34. The molecule has 0 aromatic heterocycles. The third-order valence-electron chi connectivity index (χ3n) is 2.61. The summed E-state index contributed by atoms with van der Waals surface area (Å²) in [5, 5.41) is 0.661. The molecule has 1 aliphatic heterocycles. The van der Waals surface area contributed by atoms with Gasteiger partial charge in [-0.25, -0.2) is 8.42 Å². The van der Waals surface area contributed by atoms with Crippen LogP contribution in [0.1, 0.15) is 0 Å². The van der Waals surface area contributed by atoms with Gasteiger partial charge in [0.1, 0.15) is 0 Å². The van der Waals surface area contributed by atoms with E-state index in [1.807, 2.05) is 18.2 Å². The first-order chi connectivity index (χ1) is 7.48. The molecule has 0 bridgehead atoms. The van der Waals surface area contributed by atoms with Crippen molar-refractivity contribution >= 4 is 43.1 Å². The molecule has 1 aromatic carbocycles. The van der Waals surface area contributed by atoms with Gasteiger partial charge < -0.3 is 4.90 Å². The highest BCUT2D eigenvalue weighted by Gasteiger charge is 2.21. The molecular weight excluding hydrogens is 314 g/mol. The van der Waals surface area contributed by atoms with Gasteiger partial charge in [0.2, 0.25) is 0 Å². The van der Waals surface area contributed by atoms with Gasteiger partial charge >= 0.3 is 0 Å². The first-order valence-electron chi connectivity index (χ1n) is 4.88. The van der Waals surface area contributed by atoms with Gasteiger partial charge in [0.05, 0.1) is 16.5 Å². The minimum absolute atomic E-state index is 0.229. The maximum Gasteiger partial charge on any atom is 0.153 e. The number of hydrogen-bond donors (Lipinski definition) is 0. The van der Waals surface area contributed by atoms with E-state index in [1.54, 1.807) is 0 Å². The average Bonchev–Trinajstić information content (AvgIpc) is 2.22. The zero-order valence-corrected chi connectivity index (χ0v) is 11.6. The Hall–Kier alpha value is -0.260. The standard InChI is InChI=1S/C10H11BrClNO2S/c11-9-7-8(1-2-10(9)12)13-3-5-16(14,15)6-4-13/h1-2,7H,3-6H2. The Balaban J connectivity index is 2.17. The van der Waals surface area contributed by atoms with Crippen molar-refractivity contribution in [3.05, 3.63) is 27.7 Å². The molecule has 0 spiro atoms. The van der Waals surface area contributed by atoms with Crippen molar-refractivity contribution < 1.29 is 8.42 Å². The van der Waals surface area contributed by atoms with Crippen molar-refractivity contribution in [3.8, 4) is 0 Å². The van der Waals surface area contributed by atoms with Gasteiger partial charge in [0.15, 0.2) is 9.84 Å². The molecule has 1 aliphatic rings. The van der Waals surface area contributed by atoms with E-state index < -0.39 is 9.84 Å². The fraction of sp³-hybridized carbons (Fsp3) is 0.400. The maximum absolute atomic E-state index is 11.3. The second-order valence-electron chi connectivity index (χ2n) is 3.74. The molecule has 0 radical (unpaired) electrons. The summed E-state index contributed by atoms with van der Waals surface area (Å²) < 4.78 is 23.4. The number of nitrogens with zero attached hydrogens (tertiary/aromatic N) is 1. The molecular formula is C10H11BrClNO2S.